The summed E-state index contributed by atoms with van der Waals surface area (Å²) in [5, 5.41) is 5.64. The molecule has 1 aromatic carbocycles. The lowest BCUT2D eigenvalue weighted by molar-refractivity contribution is 0.0571. The van der Waals surface area contributed by atoms with E-state index in [-0.39, 0.29) is 29.1 Å². The minimum atomic E-state index is -4.07. The Morgan fingerprint density at radius 1 is 1.04 bits per heavy atom. The third-order valence-corrected chi connectivity index (χ3v) is 14.7. The monoisotopic (exact) mass is 653 g/mol. The van der Waals surface area contributed by atoms with E-state index in [9.17, 15) is 13.2 Å². The second kappa shape index (κ2) is 12.2. The first kappa shape index (κ1) is 33.1. The van der Waals surface area contributed by atoms with Gasteiger partial charge in [-0.15, -0.1) is 0 Å². The summed E-state index contributed by atoms with van der Waals surface area (Å²) in [6, 6.07) is 10.7. The number of rotatable bonds is 8. The molecule has 0 saturated heterocycles. The molecular formula is C33H47N5O5SSi. The van der Waals surface area contributed by atoms with E-state index in [4.69, 9.17) is 14.1 Å². The molecule has 2 aromatic heterocycles. The van der Waals surface area contributed by atoms with Crippen LogP contribution in [-0.2, 0) is 25.6 Å². The number of hydrogen-bond acceptors (Lipinski definition) is 8. The van der Waals surface area contributed by atoms with Crippen LogP contribution in [0.5, 0.6) is 0 Å². The lowest BCUT2D eigenvalue weighted by atomic mass is 10.1. The average molecular weight is 654 g/mol. The molecule has 10 nitrogen and oxygen atoms in total. The number of benzene rings is 1. The first-order valence-corrected chi connectivity index (χ1v) is 20.2. The van der Waals surface area contributed by atoms with Crippen molar-refractivity contribution in [2.24, 2.45) is 5.92 Å². The van der Waals surface area contributed by atoms with Gasteiger partial charge >= 0.3 is 6.09 Å². The number of nitrogens with one attached hydrogen (secondary N) is 2. The van der Waals surface area contributed by atoms with Crippen LogP contribution < -0.4 is 10.0 Å². The third kappa shape index (κ3) is 7.44. The number of carbonyl (C=O) groups excluding carboxylic acids is 1. The first-order valence-electron chi connectivity index (χ1n) is 15.7. The number of nitrogens with zero attached hydrogens (tertiary/aromatic N) is 3. The Bertz CT molecular complexity index is 1690. The van der Waals surface area contributed by atoms with Gasteiger partial charge in [0.05, 0.1) is 23.6 Å². The number of amides is 1. The number of hydrogen-bond donors (Lipinski definition) is 2. The van der Waals surface area contributed by atoms with Crippen LogP contribution >= 0.6 is 0 Å². The topological polar surface area (TPSA) is 124 Å². The molecular weight excluding hydrogens is 607 g/mol. The van der Waals surface area contributed by atoms with E-state index in [2.05, 4.69) is 79.1 Å². The van der Waals surface area contributed by atoms with E-state index in [1.54, 1.807) is 33.2 Å². The SMILES string of the molecule is CC(C)(C)OC(=O)NS(=O)(=O)/C=C/[C@@H]1CCC(n2ccc3c(N[C@H]4CCc5ccccc54)ncnc32)C1O[Si](C)(C)C(C)(C)C. The minimum Gasteiger partial charge on any atom is -0.443 e. The molecule has 0 aliphatic heterocycles. The minimum absolute atomic E-state index is 0.0473. The Morgan fingerprint density at radius 3 is 2.49 bits per heavy atom. The second-order valence-electron chi connectivity index (χ2n) is 14.7. The predicted octanol–water partition coefficient (Wildman–Crippen LogP) is 7.24. The predicted molar refractivity (Wildman–Crippen MR) is 180 cm³/mol. The van der Waals surface area contributed by atoms with Crippen molar-refractivity contribution in [3.63, 3.8) is 0 Å². The molecule has 244 valence electrons. The molecule has 1 amide bonds. The number of anilines is 1. The molecule has 0 spiro atoms. The molecule has 1 fully saturated rings. The fourth-order valence-corrected chi connectivity index (χ4v) is 8.16. The Hall–Kier alpha value is -3.22. The summed E-state index contributed by atoms with van der Waals surface area (Å²) in [5.74, 6) is 0.613. The number of ether oxygens (including phenoxy) is 1. The van der Waals surface area contributed by atoms with Gasteiger partial charge < -0.3 is 19.0 Å². The fraction of sp³-hybridized carbons (Fsp3) is 0.545. The van der Waals surface area contributed by atoms with Crippen molar-refractivity contribution < 1.29 is 22.4 Å². The van der Waals surface area contributed by atoms with E-state index in [0.717, 1.165) is 47.9 Å². The molecule has 1 saturated carbocycles. The quantitative estimate of drug-likeness (QED) is 0.244. The maximum absolute atomic E-state index is 12.8. The van der Waals surface area contributed by atoms with Crippen LogP contribution in [0, 0.1) is 5.92 Å². The lowest BCUT2D eigenvalue weighted by Crippen LogP contribution is -2.46. The highest BCUT2D eigenvalue weighted by atomic mass is 32.2. The summed E-state index contributed by atoms with van der Waals surface area (Å²) < 4.78 is 42.0. The molecule has 2 N–H and O–H groups in total. The summed E-state index contributed by atoms with van der Waals surface area (Å²) in [5.41, 5.74) is 2.69. The molecule has 0 radical (unpaired) electrons. The number of sulfonamides is 1. The molecule has 2 heterocycles. The zero-order valence-corrected chi connectivity index (χ0v) is 29.4. The van der Waals surface area contributed by atoms with E-state index >= 15 is 0 Å². The van der Waals surface area contributed by atoms with Crippen molar-refractivity contribution in [2.75, 3.05) is 5.32 Å². The number of fused-ring (bicyclic) bond motifs is 2. The highest BCUT2D eigenvalue weighted by Gasteiger charge is 2.46. The first-order chi connectivity index (χ1) is 20.9. The van der Waals surface area contributed by atoms with Crippen LogP contribution in [0.1, 0.15) is 84.0 Å². The van der Waals surface area contributed by atoms with Crippen molar-refractivity contribution in [3.05, 3.63) is 65.5 Å². The van der Waals surface area contributed by atoms with E-state index < -0.39 is 30.0 Å². The maximum atomic E-state index is 12.8. The van der Waals surface area contributed by atoms with Crippen LogP contribution in [0.3, 0.4) is 0 Å². The van der Waals surface area contributed by atoms with Gasteiger partial charge in [0.25, 0.3) is 10.0 Å². The summed E-state index contributed by atoms with van der Waals surface area (Å²) in [6.45, 7) is 16.0. The summed E-state index contributed by atoms with van der Waals surface area (Å²) in [7, 11) is -6.33. The summed E-state index contributed by atoms with van der Waals surface area (Å²) in [6.07, 6.45) is 7.57. The Morgan fingerprint density at radius 2 is 1.78 bits per heavy atom. The number of aryl methyl sites for hydroxylation is 1. The van der Waals surface area contributed by atoms with Crippen LogP contribution in [0.4, 0.5) is 10.6 Å². The van der Waals surface area contributed by atoms with Crippen molar-refractivity contribution in [3.8, 4) is 0 Å². The largest absolute Gasteiger partial charge is 0.443 e. The molecule has 2 aliphatic rings. The van der Waals surface area contributed by atoms with Gasteiger partial charge in [0.15, 0.2) is 8.32 Å². The van der Waals surface area contributed by atoms with Gasteiger partial charge in [0.2, 0.25) is 0 Å². The molecule has 2 aliphatic carbocycles. The smallest absolute Gasteiger partial charge is 0.421 e. The van der Waals surface area contributed by atoms with Gasteiger partial charge in [-0.05, 0) is 81.8 Å². The Kier molecular flexibility index (Phi) is 8.97. The molecule has 0 bridgehead atoms. The van der Waals surface area contributed by atoms with E-state index in [0.29, 0.717) is 0 Å². The molecule has 4 atom stereocenters. The fourth-order valence-electron chi connectivity index (χ4n) is 6.04. The highest BCUT2D eigenvalue weighted by molar-refractivity contribution is 7.92. The van der Waals surface area contributed by atoms with Crippen molar-refractivity contribution in [2.45, 2.75) is 109 Å². The van der Waals surface area contributed by atoms with Gasteiger partial charge in [0, 0.05) is 17.5 Å². The zero-order valence-electron chi connectivity index (χ0n) is 27.6. The van der Waals surface area contributed by atoms with Gasteiger partial charge in [0.1, 0.15) is 23.4 Å². The molecule has 2 unspecified atom stereocenters. The highest BCUT2D eigenvalue weighted by Crippen LogP contribution is 2.46. The molecule has 3 aromatic rings. The van der Waals surface area contributed by atoms with Gasteiger partial charge in [-0.25, -0.2) is 27.9 Å². The third-order valence-electron chi connectivity index (χ3n) is 9.27. The molecule has 45 heavy (non-hydrogen) atoms. The average Bonchev–Trinajstić information content (AvgIpc) is 3.63. The Balaban J connectivity index is 1.43. The Labute approximate surface area is 268 Å². The number of aromatic nitrogens is 3. The number of carbonyl (C=O) groups is 1. The normalized spacial score (nSPS) is 22.6. The summed E-state index contributed by atoms with van der Waals surface area (Å²) >= 11 is 0. The van der Waals surface area contributed by atoms with E-state index in [1.807, 2.05) is 10.9 Å². The van der Waals surface area contributed by atoms with Gasteiger partial charge in [-0.1, -0.05) is 51.1 Å². The van der Waals surface area contributed by atoms with Gasteiger partial charge in [-0.2, -0.15) is 0 Å². The van der Waals surface area contributed by atoms with Crippen LogP contribution in [0.15, 0.2) is 54.3 Å². The van der Waals surface area contributed by atoms with Gasteiger partial charge in [-0.3, -0.25) is 0 Å². The van der Waals surface area contributed by atoms with Crippen LogP contribution in [-0.4, -0.2) is 49.1 Å². The summed E-state index contributed by atoms with van der Waals surface area (Å²) in [4.78, 5) is 21.5. The molecule has 5 rings (SSSR count). The zero-order chi connectivity index (χ0) is 32.8. The van der Waals surface area contributed by atoms with Crippen LogP contribution in [0.2, 0.25) is 18.1 Å². The standard InChI is InChI=1S/C33H47N5O5SSi/c1-32(2,3)42-31(39)37-44(40,41)20-18-23-14-16-27(28(23)43-45(7,8)33(4,5)6)38-19-17-25-29(34-21-35-30(25)38)36-26-15-13-22-11-9-10-12-24(22)26/h9-12,17-21,23,26-28H,13-16H2,1-8H3,(H,37,39)(H,34,35,36)/b20-18+/t23-,26-,27?,28?/m0/s1. The maximum Gasteiger partial charge on any atom is 0.421 e. The lowest BCUT2D eigenvalue weighted by Gasteiger charge is -2.41. The van der Waals surface area contributed by atoms with Crippen molar-refractivity contribution in [1.29, 1.82) is 0 Å². The van der Waals surface area contributed by atoms with Crippen LogP contribution in [0.25, 0.3) is 11.0 Å². The van der Waals surface area contributed by atoms with Crippen molar-refractivity contribution >= 4 is 41.3 Å². The van der Waals surface area contributed by atoms with E-state index in [1.165, 1.54) is 11.1 Å². The second-order valence-corrected chi connectivity index (χ2v) is 21.1. The molecule has 12 heteroatoms. The van der Waals surface area contributed by atoms with Crippen molar-refractivity contribution in [1.82, 2.24) is 19.3 Å².